The number of amides is 2. The average Bonchev–Trinajstić information content (AvgIpc) is 2.76. The number of nitrogens with one attached hydrogen (secondary N) is 1. The molecule has 0 unspecified atom stereocenters. The van der Waals surface area contributed by atoms with Crippen LogP contribution in [0, 0.1) is 6.92 Å². The first-order valence-electron chi connectivity index (χ1n) is 7.02. The van der Waals surface area contributed by atoms with Gasteiger partial charge in [-0.25, -0.2) is 0 Å². The highest BCUT2D eigenvalue weighted by molar-refractivity contribution is 6.23. The number of nitrogens with zero attached hydrogens (tertiary/aromatic N) is 1. The SMILES string of the molecule is Cc1cc(-n2c(N)c3c(cc2=O)C(=O)NC3=O)ccc1CC(=O)O. The van der Waals surface area contributed by atoms with Crippen molar-refractivity contribution in [2.24, 2.45) is 0 Å². The number of benzene rings is 1. The molecule has 8 heteroatoms. The lowest BCUT2D eigenvalue weighted by Crippen LogP contribution is -2.24. The van der Waals surface area contributed by atoms with Gasteiger partial charge in [-0.1, -0.05) is 6.07 Å². The number of nitrogens with two attached hydrogens (primary N) is 1. The average molecular weight is 327 g/mol. The minimum atomic E-state index is -0.963. The zero-order valence-corrected chi connectivity index (χ0v) is 12.6. The number of aryl methyl sites for hydroxylation is 1. The van der Waals surface area contributed by atoms with Crippen LogP contribution in [0.3, 0.4) is 0 Å². The van der Waals surface area contributed by atoms with Crippen LogP contribution in [-0.2, 0) is 11.2 Å². The van der Waals surface area contributed by atoms with E-state index in [9.17, 15) is 19.2 Å². The molecule has 0 aliphatic carbocycles. The van der Waals surface area contributed by atoms with Crippen LogP contribution in [0.25, 0.3) is 5.69 Å². The van der Waals surface area contributed by atoms with Gasteiger partial charge in [-0.2, -0.15) is 0 Å². The van der Waals surface area contributed by atoms with Gasteiger partial charge < -0.3 is 10.8 Å². The van der Waals surface area contributed by atoms with E-state index >= 15 is 0 Å². The standard InChI is InChI=1S/C16H13N3O5/c1-7-4-9(3-2-8(7)5-12(21)22)19-11(20)6-10-13(14(19)17)16(24)18-15(10)23/h2-4,6H,5,17H2,1H3,(H,21,22)(H,18,23,24). The number of carbonyl (C=O) groups excluding carboxylic acids is 2. The summed E-state index contributed by atoms with van der Waals surface area (Å²) in [4.78, 5) is 46.6. The number of pyridine rings is 1. The van der Waals surface area contributed by atoms with Crippen LogP contribution in [0.15, 0.2) is 29.1 Å². The maximum absolute atomic E-state index is 12.3. The van der Waals surface area contributed by atoms with Crippen molar-refractivity contribution in [3.8, 4) is 5.69 Å². The molecule has 1 aromatic carbocycles. The number of hydrogen-bond donors (Lipinski definition) is 3. The fourth-order valence-corrected chi connectivity index (χ4v) is 2.73. The Labute approximate surface area is 135 Å². The molecule has 24 heavy (non-hydrogen) atoms. The number of imide groups is 1. The summed E-state index contributed by atoms with van der Waals surface area (Å²) in [6.45, 7) is 1.71. The lowest BCUT2D eigenvalue weighted by molar-refractivity contribution is -0.136. The Balaban J connectivity index is 2.18. The summed E-state index contributed by atoms with van der Waals surface area (Å²) in [6, 6.07) is 5.80. The van der Waals surface area contributed by atoms with Crippen molar-refractivity contribution in [2.75, 3.05) is 5.73 Å². The Morgan fingerprint density at radius 2 is 1.92 bits per heavy atom. The highest BCUT2D eigenvalue weighted by atomic mass is 16.4. The first kappa shape index (κ1) is 15.5. The zero-order valence-electron chi connectivity index (χ0n) is 12.6. The molecule has 1 aromatic heterocycles. The fraction of sp³-hybridized carbons (Fsp3) is 0.125. The van der Waals surface area contributed by atoms with Crippen molar-refractivity contribution >= 4 is 23.6 Å². The molecule has 122 valence electrons. The Morgan fingerprint density at radius 3 is 2.54 bits per heavy atom. The van der Waals surface area contributed by atoms with Crippen molar-refractivity contribution in [3.05, 3.63) is 56.9 Å². The summed E-state index contributed by atoms with van der Waals surface area (Å²) >= 11 is 0. The van der Waals surface area contributed by atoms with Gasteiger partial charge >= 0.3 is 5.97 Å². The predicted octanol–water partition coefficient (Wildman–Crippen LogP) is 0.239. The van der Waals surface area contributed by atoms with Crippen molar-refractivity contribution in [2.45, 2.75) is 13.3 Å². The first-order valence-corrected chi connectivity index (χ1v) is 7.02. The van der Waals surface area contributed by atoms with Crippen LogP contribution in [0.4, 0.5) is 5.82 Å². The molecular formula is C16H13N3O5. The number of carboxylic acid groups (broad SMARTS) is 1. The lowest BCUT2D eigenvalue weighted by atomic mass is 10.0. The minimum Gasteiger partial charge on any atom is -0.481 e. The summed E-state index contributed by atoms with van der Waals surface area (Å²) in [6.07, 6.45) is -0.141. The maximum atomic E-state index is 12.3. The van der Waals surface area contributed by atoms with E-state index in [4.69, 9.17) is 10.8 Å². The number of aromatic nitrogens is 1. The van der Waals surface area contributed by atoms with Gasteiger partial charge in [0, 0.05) is 6.07 Å². The molecule has 1 aliphatic heterocycles. The maximum Gasteiger partial charge on any atom is 0.307 e. The van der Waals surface area contributed by atoms with Crippen LogP contribution in [0.1, 0.15) is 31.8 Å². The van der Waals surface area contributed by atoms with Crippen LogP contribution in [0.2, 0.25) is 0 Å². The van der Waals surface area contributed by atoms with E-state index in [0.29, 0.717) is 16.8 Å². The summed E-state index contributed by atoms with van der Waals surface area (Å²) in [7, 11) is 0. The highest BCUT2D eigenvalue weighted by Crippen LogP contribution is 2.24. The number of carboxylic acids is 1. The second-order valence-corrected chi connectivity index (χ2v) is 5.46. The number of carbonyl (C=O) groups is 3. The first-order chi connectivity index (χ1) is 11.3. The van der Waals surface area contributed by atoms with Crippen molar-refractivity contribution in [1.82, 2.24) is 9.88 Å². The molecule has 8 nitrogen and oxygen atoms in total. The fourth-order valence-electron chi connectivity index (χ4n) is 2.73. The van der Waals surface area contributed by atoms with Gasteiger partial charge in [0.05, 0.1) is 23.2 Å². The molecule has 3 rings (SSSR count). The Hall–Kier alpha value is -3.42. The minimum absolute atomic E-state index is 0.0353. The Morgan fingerprint density at radius 1 is 1.21 bits per heavy atom. The van der Waals surface area contributed by atoms with Gasteiger partial charge in [-0.15, -0.1) is 0 Å². The zero-order chi connectivity index (χ0) is 17.6. The second-order valence-electron chi connectivity index (χ2n) is 5.46. The molecule has 0 radical (unpaired) electrons. The van der Waals surface area contributed by atoms with E-state index in [1.807, 2.05) is 0 Å². The van der Waals surface area contributed by atoms with Gasteiger partial charge in [0.2, 0.25) is 0 Å². The van der Waals surface area contributed by atoms with E-state index in [1.165, 1.54) is 0 Å². The number of hydrogen-bond acceptors (Lipinski definition) is 5. The third-order valence-electron chi connectivity index (χ3n) is 3.88. The monoisotopic (exact) mass is 327 g/mol. The molecule has 4 N–H and O–H groups in total. The number of anilines is 1. The van der Waals surface area contributed by atoms with Crippen molar-refractivity contribution in [3.63, 3.8) is 0 Å². The third-order valence-corrected chi connectivity index (χ3v) is 3.88. The molecule has 0 fully saturated rings. The van der Waals surface area contributed by atoms with Gasteiger partial charge in [0.1, 0.15) is 5.82 Å². The van der Waals surface area contributed by atoms with Crippen LogP contribution in [0.5, 0.6) is 0 Å². The molecule has 0 atom stereocenters. The Kier molecular flexibility index (Phi) is 3.44. The van der Waals surface area contributed by atoms with E-state index in [-0.39, 0.29) is 23.4 Å². The van der Waals surface area contributed by atoms with Crippen LogP contribution >= 0.6 is 0 Å². The quantitative estimate of drug-likeness (QED) is 0.692. The largest absolute Gasteiger partial charge is 0.481 e. The van der Waals surface area contributed by atoms with Crippen LogP contribution < -0.4 is 16.6 Å². The van der Waals surface area contributed by atoms with Crippen LogP contribution in [-0.4, -0.2) is 27.5 Å². The molecule has 0 saturated carbocycles. The molecular weight excluding hydrogens is 314 g/mol. The molecule has 0 saturated heterocycles. The normalized spacial score (nSPS) is 12.9. The van der Waals surface area contributed by atoms with Gasteiger partial charge in [-0.3, -0.25) is 29.1 Å². The molecule has 2 amide bonds. The number of nitrogen functional groups attached to an aromatic ring is 1. The summed E-state index contributed by atoms with van der Waals surface area (Å²) in [5.74, 6) is -2.40. The van der Waals surface area contributed by atoms with Gasteiger partial charge in [0.25, 0.3) is 17.4 Å². The molecule has 0 spiro atoms. The smallest absolute Gasteiger partial charge is 0.307 e. The van der Waals surface area contributed by atoms with E-state index in [2.05, 4.69) is 5.32 Å². The number of rotatable bonds is 3. The lowest BCUT2D eigenvalue weighted by Gasteiger charge is -2.13. The summed E-state index contributed by atoms with van der Waals surface area (Å²) in [5.41, 5.74) is 6.97. The topological polar surface area (TPSA) is 131 Å². The van der Waals surface area contributed by atoms with Gasteiger partial charge in [-0.05, 0) is 30.2 Å². The van der Waals surface area contributed by atoms with Crippen molar-refractivity contribution in [1.29, 1.82) is 0 Å². The second kappa shape index (κ2) is 5.34. The van der Waals surface area contributed by atoms with E-state index in [0.717, 1.165) is 10.6 Å². The molecule has 1 aliphatic rings. The van der Waals surface area contributed by atoms with Crippen molar-refractivity contribution < 1.29 is 19.5 Å². The summed E-state index contributed by atoms with van der Waals surface area (Å²) in [5, 5.41) is 11.0. The number of aliphatic carboxylic acids is 1. The molecule has 2 heterocycles. The van der Waals surface area contributed by atoms with Gasteiger partial charge in [0.15, 0.2) is 0 Å². The molecule has 2 aromatic rings. The predicted molar refractivity (Wildman–Crippen MR) is 84.3 cm³/mol. The molecule has 0 bridgehead atoms. The third kappa shape index (κ3) is 2.34. The Bertz CT molecular complexity index is 974. The van der Waals surface area contributed by atoms with E-state index in [1.54, 1.807) is 25.1 Å². The van der Waals surface area contributed by atoms with E-state index < -0.39 is 23.3 Å². The highest BCUT2D eigenvalue weighted by Gasteiger charge is 2.31. The number of fused-ring (bicyclic) bond motifs is 1. The summed E-state index contributed by atoms with van der Waals surface area (Å²) < 4.78 is 1.12.